The Morgan fingerprint density at radius 2 is 1.97 bits per heavy atom. The summed E-state index contributed by atoms with van der Waals surface area (Å²) in [5.74, 6) is -0.00724. The molecule has 1 heterocycles. The monoisotopic (exact) mass is 483 g/mol. The van der Waals surface area contributed by atoms with Gasteiger partial charge in [0.15, 0.2) is 5.75 Å². The van der Waals surface area contributed by atoms with Crippen molar-refractivity contribution in [3.63, 3.8) is 0 Å². The number of amides is 1. The Morgan fingerprint density at radius 1 is 1.25 bits per heavy atom. The maximum Gasteiger partial charge on any atom is 0.408 e. The van der Waals surface area contributed by atoms with E-state index >= 15 is 0 Å². The van der Waals surface area contributed by atoms with Gasteiger partial charge in [-0.05, 0) is 63.7 Å². The summed E-state index contributed by atoms with van der Waals surface area (Å²) in [7, 11) is 0. The minimum absolute atomic E-state index is 0.0556. The molecule has 2 aromatic rings. The van der Waals surface area contributed by atoms with Gasteiger partial charge in [-0.3, -0.25) is 0 Å². The molecular weight excluding hydrogens is 454 g/mol. The molecule has 0 spiro atoms. The van der Waals surface area contributed by atoms with Crippen molar-refractivity contribution in [3.8, 4) is 5.75 Å². The summed E-state index contributed by atoms with van der Waals surface area (Å²) in [6.45, 7) is 7.27. The van der Waals surface area contributed by atoms with E-state index in [1.807, 2.05) is 6.26 Å². The van der Waals surface area contributed by atoms with E-state index in [1.165, 1.54) is 23.9 Å². The summed E-state index contributed by atoms with van der Waals surface area (Å²) >= 11 is 7.91. The molecule has 0 bridgehead atoms. The van der Waals surface area contributed by atoms with E-state index in [0.717, 1.165) is 18.4 Å². The number of aryl methyl sites for hydroxylation is 1. The number of nitrogens with one attached hydrogen (secondary N) is 1. The Hall–Kier alpha value is -2.19. The number of unbranched alkanes of at least 4 members (excludes halogenated alkanes) is 1. The van der Waals surface area contributed by atoms with Gasteiger partial charge in [-0.25, -0.2) is 14.4 Å². The van der Waals surface area contributed by atoms with Gasteiger partial charge in [0.2, 0.25) is 0 Å². The maximum absolute atomic E-state index is 12.8. The number of carbonyl (C=O) groups excluding carboxylic acids is 2. The van der Waals surface area contributed by atoms with Crippen LogP contribution in [0.3, 0.4) is 0 Å². The van der Waals surface area contributed by atoms with Crippen LogP contribution in [0, 0.1) is 0 Å². The number of benzene rings is 1. The third-order valence-electron chi connectivity index (χ3n) is 4.48. The first kappa shape index (κ1) is 26.1. The molecule has 0 aliphatic carbocycles. The number of halogens is 1. The lowest BCUT2D eigenvalue weighted by atomic mass is 10.0. The van der Waals surface area contributed by atoms with E-state index < -0.39 is 29.3 Å². The Labute approximate surface area is 197 Å². The number of hydrogen-bond donors (Lipinski definition) is 1. The van der Waals surface area contributed by atoms with Crippen LogP contribution in [0.15, 0.2) is 27.4 Å². The number of rotatable bonds is 9. The quantitative estimate of drug-likeness (QED) is 0.292. The van der Waals surface area contributed by atoms with E-state index in [0.29, 0.717) is 24.0 Å². The fourth-order valence-corrected chi connectivity index (χ4v) is 3.67. The smallest absolute Gasteiger partial charge is 0.408 e. The summed E-state index contributed by atoms with van der Waals surface area (Å²) < 4.78 is 16.0. The van der Waals surface area contributed by atoms with E-state index in [2.05, 4.69) is 12.2 Å². The minimum atomic E-state index is -0.924. The minimum Gasteiger partial charge on any atom is -0.444 e. The zero-order valence-corrected chi connectivity index (χ0v) is 20.7. The normalized spacial score (nSPS) is 12.4. The predicted octanol–water partition coefficient (Wildman–Crippen LogP) is 5.34. The van der Waals surface area contributed by atoms with Gasteiger partial charge in [0, 0.05) is 17.5 Å². The fraction of sp³-hybridized carbons (Fsp3) is 0.522. The number of fused-ring (bicyclic) bond motifs is 1. The molecule has 9 heteroatoms. The fourth-order valence-electron chi connectivity index (χ4n) is 2.99. The van der Waals surface area contributed by atoms with Crippen molar-refractivity contribution in [1.82, 2.24) is 5.32 Å². The van der Waals surface area contributed by atoms with E-state index in [9.17, 15) is 14.4 Å². The average molecular weight is 484 g/mol. The Kier molecular flexibility index (Phi) is 9.46. The SMILES string of the molecule is CCCCc1cc(=O)oc2cc(OC(=O)C(CCSC)NC(=O)OC(C)(C)C)c(Cl)cc12. The van der Waals surface area contributed by atoms with Crippen molar-refractivity contribution in [2.24, 2.45) is 0 Å². The van der Waals surface area contributed by atoms with Crippen LogP contribution in [0.1, 0.15) is 52.5 Å². The van der Waals surface area contributed by atoms with Crippen LogP contribution in [0.2, 0.25) is 5.02 Å². The number of esters is 1. The van der Waals surface area contributed by atoms with Gasteiger partial charge in [0.25, 0.3) is 0 Å². The highest BCUT2D eigenvalue weighted by Gasteiger charge is 2.26. The lowest BCUT2D eigenvalue weighted by Crippen LogP contribution is -2.45. The first-order valence-electron chi connectivity index (χ1n) is 10.5. The molecule has 0 saturated heterocycles. The van der Waals surface area contributed by atoms with Crippen LogP contribution in [0.4, 0.5) is 4.79 Å². The summed E-state index contributed by atoms with van der Waals surface area (Å²) in [5, 5.41) is 3.47. The lowest BCUT2D eigenvalue weighted by molar-refractivity contribution is -0.136. The van der Waals surface area contributed by atoms with Crippen LogP contribution in [-0.2, 0) is 16.0 Å². The number of carbonyl (C=O) groups is 2. The molecule has 0 aliphatic heterocycles. The van der Waals surface area contributed by atoms with E-state index in [4.69, 9.17) is 25.5 Å². The van der Waals surface area contributed by atoms with Crippen molar-refractivity contribution in [2.45, 2.75) is 65.0 Å². The van der Waals surface area contributed by atoms with Crippen LogP contribution in [-0.4, -0.2) is 35.7 Å². The van der Waals surface area contributed by atoms with Gasteiger partial charge >= 0.3 is 17.7 Å². The molecular formula is C23H30ClNO6S. The molecule has 1 aromatic heterocycles. The second kappa shape index (κ2) is 11.6. The highest BCUT2D eigenvalue weighted by molar-refractivity contribution is 7.98. The van der Waals surface area contributed by atoms with Gasteiger partial charge in [-0.2, -0.15) is 11.8 Å². The standard InChI is InChI=1S/C23H30ClNO6S/c1-6-7-8-14-11-20(26)29-18-13-19(16(24)12-15(14)18)30-21(27)17(9-10-32-5)25-22(28)31-23(2,3)4/h11-13,17H,6-10H2,1-5H3,(H,25,28). The van der Waals surface area contributed by atoms with Gasteiger partial charge in [0.05, 0.1) is 5.02 Å². The number of alkyl carbamates (subject to hydrolysis) is 1. The molecule has 7 nitrogen and oxygen atoms in total. The van der Waals surface area contributed by atoms with Crippen molar-refractivity contribution < 1.29 is 23.5 Å². The molecule has 0 radical (unpaired) electrons. The van der Waals surface area contributed by atoms with E-state index in [1.54, 1.807) is 26.8 Å². The summed E-state index contributed by atoms with van der Waals surface area (Å²) in [4.78, 5) is 37.0. The molecule has 176 valence electrons. The molecule has 1 aromatic carbocycles. The third-order valence-corrected chi connectivity index (χ3v) is 5.42. The zero-order valence-electron chi connectivity index (χ0n) is 19.1. The van der Waals surface area contributed by atoms with Gasteiger partial charge in [-0.1, -0.05) is 24.9 Å². The van der Waals surface area contributed by atoms with Gasteiger partial charge < -0.3 is 19.2 Å². The topological polar surface area (TPSA) is 94.8 Å². The average Bonchev–Trinajstić information content (AvgIpc) is 2.68. The van der Waals surface area contributed by atoms with Crippen molar-refractivity contribution >= 4 is 46.4 Å². The van der Waals surface area contributed by atoms with Crippen molar-refractivity contribution in [2.75, 3.05) is 12.0 Å². The summed E-state index contributed by atoms with van der Waals surface area (Å²) in [6, 6.07) is 3.60. The molecule has 0 saturated carbocycles. The molecule has 1 amide bonds. The summed E-state index contributed by atoms with van der Waals surface area (Å²) in [5.41, 5.74) is -0.0567. The van der Waals surface area contributed by atoms with Gasteiger partial charge in [0.1, 0.15) is 17.2 Å². The highest BCUT2D eigenvalue weighted by Crippen LogP contribution is 2.32. The third kappa shape index (κ3) is 7.74. The zero-order chi connectivity index (χ0) is 23.9. The summed E-state index contributed by atoms with van der Waals surface area (Å²) in [6.07, 6.45) is 4.14. The molecule has 0 fully saturated rings. The Bertz CT molecular complexity index is 1010. The molecule has 32 heavy (non-hydrogen) atoms. The largest absolute Gasteiger partial charge is 0.444 e. The molecule has 1 N–H and O–H groups in total. The van der Waals surface area contributed by atoms with Crippen LogP contribution in [0.5, 0.6) is 5.75 Å². The predicted molar refractivity (Wildman–Crippen MR) is 128 cm³/mol. The number of hydrogen-bond acceptors (Lipinski definition) is 7. The van der Waals surface area contributed by atoms with Crippen molar-refractivity contribution in [1.29, 1.82) is 0 Å². The lowest BCUT2D eigenvalue weighted by Gasteiger charge is -2.23. The molecule has 0 aliphatic rings. The van der Waals surface area contributed by atoms with Crippen LogP contribution in [0.25, 0.3) is 11.0 Å². The Balaban J connectivity index is 2.28. The second-order valence-corrected chi connectivity index (χ2v) is 9.77. The first-order valence-corrected chi connectivity index (χ1v) is 12.3. The molecule has 1 atom stereocenters. The molecule has 2 rings (SSSR count). The molecule has 1 unspecified atom stereocenters. The van der Waals surface area contributed by atoms with E-state index in [-0.39, 0.29) is 16.4 Å². The highest BCUT2D eigenvalue weighted by atomic mass is 35.5. The second-order valence-electron chi connectivity index (χ2n) is 8.37. The van der Waals surface area contributed by atoms with Crippen LogP contribution < -0.4 is 15.7 Å². The number of thioether (sulfide) groups is 1. The number of ether oxygens (including phenoxy) is 2. The maximum atomic E-state index is 12.8. The Morgan fingerprint density at radius 3 is 2.59 bits per heavy atom. The van der Waals surface area contributed by atoms with Crippen LogP contribution >= 0.6 is 23.4 Å². The first-order chi connectivity index (χ1) is 15.0. The van der Waals surface area contributed by atoms with Crippen molar-refractivity contribution in [3.05, 3.63) is 39.2 Å². The van der Waals surface area contributed by atoms with Gasteiger partial charge in [-0.15, -0.1) is 0 Å².